The number of aliphatic imine (C=N–C) groups is 1. The van der Waals surface area contributed by atoms with Crippen LogP contribution in [-0.4, -0.2) is 62.1 Å². The van der Waals surface area contributed by atoms with Gasteiger partial charge in [0.15, 0.2) is 15.8 Å². The highest BCUT2D eigenvalue weighted by atomic mass is 127. The van der Waals surface area contributed by atoms with Crippen LogP contribution in [0.25, 0.3) is 0 Å². The second-order valence-electron chi connectivity index (χ2n) is 7.39. The highest BCUT2D eigenvalue weighted by Crippen LogP contribution is 2.24. The Bertz CT molecular complexity index is 750. The van der Waals surface area contributed by atoms with Crippen LogP contribution >= 0.6 is 24.0 Å². The predicted molar refractivity (Wildman–Crippen MR) is 122 cm³/mol. The van der Waals surface area contributed by atoms with Crippen molar-refractivity contribution in [2.45, 2.75) is 45.5 Å². The van der Waals surface area contributed by atoms with Crippen molar-refractivity contribution in [1.29, 1.82) is 0 Å². The molecule has 1 fully saturated rings. The van der Waals surface area contributed by atoms with Gasteiger partial charge in [-0.1, -0.05) is 18.2 Å². The summed E-state index contributed by atoms with van der Waals surface area (Å²) in [5, 5.41) is 3.27. The number of ether oxygens (including phenoxy) is 1. The third kappa shape index (κ3) is 6.23. The molecule has 6 nitrogen and oxygen atoms in total. The predicted octanol–water partition coefficient (Wildman–Crippen LogP) is 2.85. The van der Waals surface area contributed by atoms with Crippen LogP contribution in [0.3, 0.4) is 0 Å². The number of hydrogen-bond acceptors (Lipinski definition) is 4. The number of guanidine groups is 1. The molecule has 0 bridgehead atoms. The van der Waals surface area contributed by atoms with E-state index < -0.39 is 14.6 Å². The monoisotopic (exact) mass is 509 g/mol. The molecule has 1 N–H and O–H groups in total. The molecule has 1 atom stereocenters. The Kier molecular flexibility index (Phi) is 8.85. The number of hydrogen-bond donors (Lipinski definition) is 1. The van der Waals surface area contributed by atoms with Crippen LogP contribution < -0.4 is 10.1 Å². The van der Waals surface area contributed by atoms with Crippen LogP contribution in [0.4, 0.5) is 0 Å². The summed E-state index contributed by atoms with van der Waals surface area (Å²) in [5.41, 5.74) is 1.10. The van der Waals surface area contributed by atoms with Crippen molar-refractivity contribution in [3.8, 4) is 5.75 Å². The van der Waals surface area contributed by atoms with Crippen molar-refractivity contribution in [2.24, 2.45) is 4.99 Å². The minimum absolute atomic E-state index is 0. The lowest BCUT2D eigenvalue weighted by molar-refractivity contribution is 0.227. The van der Waals surface area contributed by atoms with E-state index in [4.69, 9.17) is 4.74 Å². The number of rotatable bonds is 5. The van der Waals surface area contributed by atoms with Gasteiger partial charge in [0.2, 0.25) is 0 Å². The lowest BCUT2D eigenvalue weighted by Crippen LogP contribution is -2.57. The summed E-state index contributed by atoms with van der Waals surface area (Å²) in [6, 6.07) is 7.92. The molecule has 0 radical (unpaired) electrons. The fourth-order valence-electron chi connectivity index (χ4n) is 2.91. The van der Waals surface area contributed by atoms with Gasteiger partial charge in [0, 0.05) is 19.6 Å². The molecule has 27 heavy (non-hydrogen) atoms. The Labute approximate surface area is 180 Å². The molecule has 0 aliphatic carbocycles. The SMILES string of the molecule is CCNC(=NCC(C)Oc1ccccc1C)N1CCS(=O)(=O)C(C)(C)C1.I. The second-order valence-corrected chi connectivity index (χ2v) is 10.1. The van der Waals surface area contributed by atoms with Crippen molar-refractivity contribution >= 4 is 39.8 Å². The highest BCUT2D eigenvalue weighted by molar-refractivity contribution is 14.0. The van der Waals surface area contributed by atoms with Gasteiger partial charge < -0.3 is 15.0 Å². The van der Waals surface area contributed by atoms with Crippen molar-refractivity contribution in [3.05, 3.63) is 29.8 Å². The summed E-state index contributed by atoms with van der Waals surface area (Å²) in [6.07, 6.45) is -0.0775. The quantitative estimate of drug-likeness (QED) is 0.376. The first-order chi connectivity index (χ1) is 12.2. The van der Waals surface area contributed by atoms with Crippen LogP contribution in [0, 0.1) is 6.92 Å². The maximum atomic E-state index is 12.2. The Morgan fingerprint density at radius 2 is 2.04 bits per heavy atom. The Morgan fingerprint density at radius 3 is 2.63 bits per heavy atom. The first kappa shape index (κ1) is 24.0. The van der Waals surface area contributed by atoms with Crippen LogP contribution in [0.15, 0.2) is 29.3 Å². The molecule has 0 spiro atoms. The van der Waals surface area contributed by atoms with Crippen molar-refractivity contribution < 1.29 is 13.2 Å². The summed E-state index contributed by atoms with van der Waals surface area (Å²) in [4.78, 5) is 6.72. The topological polar surface area (TPSA) is 71.0 Å². The number of para-hydroxylation sites is 1. The smallest absolute Gasteiger partial charge is 0.194 e. The molecular weight excluding hydrogens is 477 g/mol. The van der Waals surface area contributed by atoms with Crippen LogP contribution in [0.1, 0.15) is 33.3 Å². The summed E-state index contributed by atoms with van der Waals surface area (Å²) < 4.78 is 29.7. The molecule has 2 rings (SSSR count). The molecule has 0 saturated carbocycles. The summed E-state index contributed by atoms with van der Waals surface area (Å²) in [6.45, 7) is 11.7. The van der Waals surface area contributed by atoms with Gasteiger partial charge in [0.1, 0.15) is 11.9 Å². The van der Waals surface area contributed by atoms with E-state index in [0.717, 1.165) is 23.8 Å². The zero-order chi connectivity index (χ0) is 19.4. The molecule has 1 saturated heterocycles. The fraction of sp³-hybridized carbons (Fsp3) is 0.632. The highest BCUT2D eigenvalue weighted by Gasteiger charge is 2.40. The molecular formula is C19H32IN3O3S. The molecule has 1 aliphatic rings. The molecule has 8 heteroatoms. The van der Waals surface area contributed by atoms with E-state index in [1.807, 2.05) is 49.9 Å². The number of benzene rings is 1. The van der Waals surface area contributed by atoms with Gasteiger partial charge in [0.25, 0.3) is 0 Å². The zero-order valence-electron chi connectivity index (χ0n) is 16.9. The number of nitrogens with one attached hydrogen (secondary N) is 1. The standard InChI is InChI=1S/C19H31N3O3S.HI/c1-6-20-18(22-11-12-26(23,24)19(4,5)14-22)21-13-16(3)25-17-10-8-7-9-15(17)2;/h7-10,16H,6,11-14H2,1-5H3,(H,20,21);1H. The minimum Gasteiger partial charge on any atom is -0.489 e. The van der Waals surface area contributed by atoms with Gasteiger partial charge in [-0.3, -0.25) is 0 Å². The molecule has 1 aromatic rings. The van der Waals surface area contributed by atoms with Crippen LogP contribution in [-0.2, 0) is 9.84 Å². The Morgan fingerprint density at radius 1 is 1.37 bits per heavy atom. The van der Waals surface area contributed by atoms with Gasteiger partial charge in [-0.05, 0) is 46.2 Å². The molecule has 0 aromatic heterocycles. The molecule has 1 aliphatic heterocycles. The molecule has 154 valence electrons. The van der Waals surface area contributed by atoms with E-state index in [1.54, 1.807) is 13.8 Å². The normalized spacial score (nSPS) is 19.7. The largest absolute Gasteiger partial charge is 0.489 e. The molecule has 1 aromatic carbocycles. The van der Waals surface area contributed by atoms with E-state index in [1.165, 1.54) is 0 Å². The Balaban J connectivity index is 0.00000364. The maximum absolute atomic E-state index is 12.2. The second kappa shape index (κ2) is 9.95. The number of halogens is 1. The lowest BCUT2D eigenvalue weighted by Gasteiger charge is -2.39. The summed E-state index contributed by atoms with van der Waals surface area (Å²) in [5.74, 6) is 1.76. The maximum Gasteiger partial charge on any atom is 0.194 e. The average molecular weight is 509 g/mol. The summed E-state index contributed by atoms with van der Waals surface area (Å²) >= 11 is 0. The molecule has 0 amide bonds. The summed E-state index contributed by atoms with van der Waals surface area (Å²) in [7, 11) is -3.07. The van der Waals surface area contributed by atoms with E-state index in [2.05, 4.69) is 10.3 Å². The third-order valence-electron chi connectivity index (χ3n) is 4.60. The van der Waals surface area contributed by atoms with Crippen molar-refractivity contribution in [1.82, 2.24) is 10.2 Å². The van der Waals surface area contributed by atoms with Gasteiger partial charge >= 0.3 is 0 Å². The van der Waals surface area contributed by atoms with Crippen molar-refractivity contribution in [2.75, 3.05) is 31.9 Å². The zero-order valence-corrected chi connectivity index (χ0v) is 20.0. The lowest BCUT2D eigenvalue weighted by atomic mass is 10.2. The fourth-order valence-corrected chi connectivity index (χ4v) is 4.27. The molecule has 1 unspecified atom stereocenters. The van der Waals surface area contributed by atoms with Crippen molar-refractivity contribution in [3.63, 3.8) is 0 Å². The van der Waals surface area contributed by atoms with Gasteiger partial charge in [-0.2, -0.15) is 0 Å². The minimum atomic E-state index is -3.07. The van der Waals surface area contributed by atoms with E-state index in [0.29, 0.717) is 19.6 Å². The van der Waals surface area contributed by atoms with Gasteiger partial charge in [-0.25, -0.2) is 13.4 Å². The van der Waals surface area contributed by atoms with Gasteiger partial charge in [0.05, 0.1) is 17.0 Å². The number of aryl methyl sites for hydroxylation is 1. The molecule has 1 heterocycles. The number of nitrogens with zero attached hydrogens (tertiary/aromatic N) is 2. The van der Waals surface area contributed by atoms with E-state index in [9.17, 15) is 8.42 Å². The van der Waals surface area contributed by atoms with Crippen LogP contribution in [0.2, 0.25) is 0 Å². The van der Waals surface area contributed by atoms with Gasteiger partial charge in [-0.15, -0.1) is 24.0 Å². The average Bonchev–Trinajstić information content (AvgIpc) is 2.56. The Hall–Kier alpha value is -1.03. The third-order valence-corrected chi connectivity index (χ3v) is 7.13. The number of sulfone groups is 1. The first-order valence-corrected chi connectivity index (χ1v) is 10.8. The van der Waals surface area contributed by atoms with E-state index >= 15 is 0 Å². The van der Waals surface area contributed by atoms with Crippen LogP contribution in [0.5, 0.6) is 5.75 Å². The first-order valence-electron chi connectivity index (χ1n) is 9.14. The van der Waals surface area contributed by atoms with E-state index in [-0.39, 0.29) is 35.8 Å².